The molecule has 0 radical (unpaired) electrons. The fraction of sp³-hybridized carbons (Fsp3) is 0.158. The summed E-state index contributed by atoms with van der Waals surface area (Å²) < 4.78 is 45.9. The number of halogens is 4. The Labute approximate surface area is 182 Å². The zero-order valence-electron chi connectivity index (χ0n) is 15.0. The smallest absolute Gasteiger partial charge is 0.439 e. The SMILES string of the molecule is I.NC(=NCc1ccc(OC(F)(F)F)cc1)NCc1ncc(-c2ccccc2)o1. The highest BCUT2D eigenvalue weighted by Gasteiger charge is 2.30. The lowest BCUT2D eigenvalue weighted by molar-refractivity contribution is -0.274. The molecule has 0 aliphatic heterocycles. The molecule has 0 fully saturated rings. The number of nitrogens with two attached hydrogens (primary N) is 1. The number of ether oxygens (including phenoxy) is 1. The van der Waals surface area contributed by atoms with Crippen molar-refractivity contribution in [2.45, 2.75) is 19.5 Å². The number of hydrogen-bond acceptors (Lipinski definition) is 4. The monoisotopic (exact) mass is 518 g/mol. The van der Waals surface area contributed by atoms with Gasteiger partial charge in [-0.3, -0.25) is 0 Å². The van der Waals surface area contributed by atoms with Crippen LogP contribution in [-0.2, 0) is 13.1 Å². The summed E-state index contributed by atoms with van der Waals surface area (Å²) >= 11 is 0. The van der Waals surface area contributed by atoms with Crippen LogP contribution in [0, 0.1) is 0 Å². The summed E-state index contributed by atoms with van der Waals surface area (Å²) in [6.07, 6.45) is -3.08. The van der Waals surface area contributed by atoms with Crippen molar-refractivity contribution >= 4 is 29.9 Å². The van der Waals surface area contributed by atoms with Crippen LogP contribution in [0.3, 0.4) is 0 Å². The lowest BCUT2D eigenvalue weighted by atomic mass is 10.2. The first-order valence-corrected chi connectivity index (χ1v) is 8.28. The van der Waals surface area contributed by atoms with Gasteiger partial charge in [0.05, 0.1) is 19.3 Å². The molecule has 0 aliphatic carbocycles. The van der Waals surface area contributed by atoms with Crippen LogP contribution in [0.25, 0.3) is 11.3 Å². The molecule has 1 aromatic heterocycles. The van der Waals surface area contributed by atoms with Gasteiger partial charge >= 0.3 is 6.36 Å². The van der Waals surface area contributed by atoms with Gasteiger partial charge in [0.15, 0.2) is 11.7 Å². The Morgan fingerprint density at radius 3 is 2.45 bits per heavy atom. The van der Waals surface area contributed by atoms with Gasteiger partial charge in [-0.25, -0.2) is 9.98 Å². The van der Waals surface area contributed by atoms with E-state index in [2.05, 4.69) is 20.0 Å². The quantitative estimate of drug-likeness (QED) is 0.286. The molecule has 0 saturated carbocycles. The molecule has 1 heterocycles. The normalized spacial score (nSPS) is 11.6. The molecule has 6 nitrogen and oxygen atoms in total. The zero-order valence-corrected chi connectivity index (χ0v) is 17.3. The Bertz CT molecular complexity index is 929. The van der Waals surface area contributed by atoms with Crippen LogP contribution in [0.1, 0.15) is 11.5 Å². The molecule has 0 bridgehead atoms. The van der Waals surface area contributed by atoms with E-state index in [-0.39, 0.29) is 48.8 Å². The minimum Gasteiger partial charge on any atom is -0.439 e. The van der Waals surface area contributed by atoms with Crippen LogP contribution < -0.4 is 15.8 Å². The highest BCUT2D eigenvalue weighted by atomic mass is 127. The number of nitrogens with zero attached hydrogens (tertiary/aromatic N) is 2. The summed E-state index contributed by atoms with van der Waals surface area (Å²) in [7, 11) is 0. The number of aromatic nitrogens is 1. The van der Waals surface area contributed by atoms with Crippen molar-refractivity contribution in [1.82, 2.24) is 10.3 Å². The van der Waals surface area contributed by atoms with Crippen LogP contribution in [0.4, 0.5) is 13.2 Å². The molecule has 29 heavy (non-hydrogen) atoms. The molecule has 154 valence electrons. The van der Waals surface area contributed by atoms with Crippen molar-refractivity contribution in [2.24, 2.45) is 10.7 Å². The van der Waals surface area contributed by atoms with Crippen LogP contribution in [0.5, 0.6) is 5.75 Å². The third-order valence-corrected chi connectivity index (χ3v) is 3.62. The fourth-order valence-electron chi connectivity index (χ4n) is 2.32. The zero-order chi connectivity index (χ0) is 20.0. The minimum absolute atomic E-state index is 0. The van der Waals surface area contributed by atoms with Gasteiger partial charge in [0.1, 0.15) is 5.75 Å². The first-order valence-electron chi connectivity index (χ1n) is 8.28. The Morgan fingerprint density at radius 2 is 1.79 bits per heavy atom. The molecule has 3 rings (SSSR count). The molecular weight excluding hydrogens is 500 g/mol. The first-order chi connectivity index (χ1) is 13.4. The Hall–Kier alpha value is -2.76. The lowest BCUT2D eigenvalue weighted by Crippen LogP contribution is -2.31. The highest BCUT2D eigenvalue weighted by Crippen LogP contribution is 2.23. The van der Waals surface area contributed by atoms with Gasteiger partial charge in [0.25, 0.3) is 0 Å². The first kappa shape index (κ1) is 22.5. The number of oxazole rings is 1. The van der Waals surface area contributed by atoms with Gasteiger partial charge in [0, 0.05) is 5.56 Å². The van der Waals surface area contributed by atoms with Crippen LogP contribution in [0.15, 0.2) is 70.2 Å². The maximum Gasteiger partial charge on any atom is 0.573 e. The van der Waals surface area contributed by atoms with Crippen molar-refractivity contribution in [3.63, 3.8) is 0 Å². The van der Waals surface area contributed by atoms with E-state index in [1.54, 1.807) is 6.20 Å². The van der Waals surface area contributed by atoms with Crippen LogP contribution >= 0.6 is 24.0 Å². The standard InChI is InChI=1S/C19H17F3N4O2.HI/c20-19(21,22)28-15-8-6-13(7-9-15)10-25-18(23)26-12-17-24-11-16(27-17)14-4-2-1-3-5-14;/h1-9,11H,10,12H2,(H3,23,25,26);1H. The summed E-state index contributed by atoms with van der Waals surface area (Å²) in [5, 5.41) is 2.87. The number of hydrogen-bond donors (Lipinski definition) is 2. The van der Waals surface area contributed by atoms with E-state index in [0.29, 0.717) is 17.2 Å². The molecule has 0 atom stereocenters. The number of aliphatic imine (C=N–C) groups is 1. The minimum atomic E-state index is -4.71. The van der Waals surface area contributed by atoms with Crippen molar-refractivity contribution in [2.75, 3.05) is 0 Å². The molecule has 10 heteroatoms. The number of nitrogens with one attached hydrogen (secondary N) is 1. The number of guanidine groups is 1. The average Bonchev–Trinajstić information content (AvgIpc) is 3.14. The summed E-state index contributed by atoms with van der Waals surface area (Å²) in [5.74, 6) is 0.972. The predicted molar refractivity (Wildman–Crippen MR) is 113 cm³/mol. The molecular formula is C19H18F3IN4O2. The van der Waals surface area contributed by atoms with E-state index in [9.17, 15) is 13.2 Å². The van der Waals surface area contributed by atoms with Crippen LogP contribution in [0.2, 0.25) is 0 Å². The maximum absolute atomic E-state index is 12.1. The summed E-state index contributed by atoms with van der Waals surface area (Å²) in [4.78, 5) is 8.31. The van der Waals surface area contributed by atoms with E-state index in [1.165, 1.54) is 24.3 Å². The Balaban J connectivity index is 0.00000300. The molecule has 0 aliphatic rings. The van der Waals surface area contributed by atoms with Crippen molar-refractivity contribution in [3.8, 4) is 17.1 Å². The summed E-state index contributed by atoms with van der Waals surface area (Å²) in [6, 6.07) is 15.0. The third-order valence-electron chi connectivity index (χ3n) is 3.62. The number of benzene rings is 2. The number of alkyl halides is 3. The summed E-state index contributed by atoms with van der Waals surface area (Å²) in [5.41, 5.74) is 7.40. The van der Waals surface area contributed by atoms with E-state index >= 15 is 0 Å². The Morgan fingerprint density at radius 1 is 1.10 bits per heavy atom. The largest absolute Gasteiger partial charge is 0.573 e. The Kier molecular flexibility index (Phi) is 7.88. The van der Waals surface area contributed by atoms with Crippen molar-refractivity contribution in [3.05, 3.63) is 72.2 Å². The molecule has 2 aromatic carbocycles. The van der Waals surface area contributed by atoms with Crippen molar-refractivity contribution < 1.29 is 22.3 Å². The van der Waals surface area contributed by atoms with E-state index < -0.39 is 6.36 Å². The lowest BCUT2D eigenvalue weighted by Gasteiger charge is -2.09. The fourth-order valence-corrected chi connectivity index (χ4v) is 2.32. The molecule has 3 aromatic rings. The molecule has 0 saturated heterocycles. The number of rotatable bonds is 6. The van der Waals surface area contributed by atoms with Gasteiger partial charge in [-0.05, 0) is 17.7 Å². The summed E-state index contributed by atoms with van der Waals surface area (Å²) in [6.45, 7) is 0.451. The second kappa shape index (κ2) is 10.1. The van der Waals surface area contributed by atoms with Gasteiger partial charge in [0.2, 0.25) is 5.89 Å². The maximum atomic E-state index is 12.1. The molecule has 0 spiro atoms. The van der Waals surface area contributed by atoms with E-state index in [1.807, 2.05) is 30.3 Å². The van der Waals surface area contributed by atoms with Gasteiger partial charge in [-0.1, -0.05) is 42.5 Å². The van der Waals surface area contributed by atoms with Gasteiger partial charge < -0.3 is 20.2 Å². The topological polar surface area (TPSA) is 85.7 Å². The van der Waals surface area contributed by atoms with Gasteiger partial charge in [-0.2, -0.15) is 0 Å². The second-order valence-corrected chi connectivity index (χ2v) is 5.73. The molecule has 0 unspecified atom stereocenters. The van der Waals surface area contributed by atoms with Gasteiger partial charge in [-0.15, -0.1) is 37.1 Å². The highest BCUT2D eigenvalue weighted by molar-refractivity contribution is 14.0. The molecule has 0 amide bonds. The second-order valence-electron chi connectivity index (χ2n) is 5.73. The molecule has 3 N–H and O–H groups in total. The average molecular weight is 518 g/mol. The van der Waals surface area contributed by atoms with Crippen LogP contribution in [-0.4, -0.2) is 17.3 Å². The van der Waals surface area contributed by atoms with Crippen molar-refractivity contribution in [1.29, 1.82) is 0 Å². The third kappa shape index (κ3) is 7.29. The van der Waals surface area contributed by atoms with E-state index in [0.717, 1.165) is 5.56 Å². The van der Waals surface area contributed by atoms with E-state index in [4.69, 9.17) is 10.2 Å². The predicted octanol–water partition coefficient (Wildman–Crippen LogP) is 4.46.